The van der Waals surface area contributed by atoms with Gasteiger partial charge < -0.3 is 5.32 Å². The van der Waals surface area contributed by atoms with Gasteiger partial charge in [-0.3, -0.25) is 0 Å². The van der Waals surface area contributed by atoms with Crippen molar-refractivity contribution in [3.05, 3.63) is 49.6 Å². The molecule has 0 bridgehead atoms. The van der Waals surface area contributed by atoms with Gasteiger partial charge >= 0.3 is 0 Å². The summed E-state index contributed by atoms with van der Waals surface area (Å²) in [5.74, 6) is -0.210. The fourth-order valence-corrected chi connectivity index (χ4v) is 2.69. The van der Waals surface area contributed by atoms with Crippen LogP contribution in [-0.2, 0) is 13.1 Å². The molecule has 17 heavy (non-hydrogen) atoms. The molecule has 1 heterocycles. The number of hydrogen-bond acceptors (Lipinski definition) is 3. The Balaban J connectivity index is 1.91. The third-order valence-electron chi connectivity index (χ3n) is 2.12. The summed E-state index contributed by atoms with van der Waals surface area (Å²) >= 11 is 10.5. The van der Waals surface area contributed by atoms with Crippen LogP contribution < -0.4 is 5.32 Å². The van der Waals surface area contributed by atoms with Crippen molar-refractivity contribution in [3.63, 3.8) is 0 Å². The van der Waals surface area contributed by atoms with Gasteiger partial charge in [0.15, 0.2) is 0 Å². The molecule has 6 heteroatoms. The molecule has 0 amide bonds. The van der Waals surface area contributed by atoms with E-state index in [-0.39, 0.29) is 5.82 Å². The third-order valence-corrected chi connectivity index (χ3v) is 3.73. The van der Waals surface area contributed by atoms with Gasteiger partial charge in [-0.25, -0.2) is 9.37 Å². The number of hydrogen-bond donors (Lipinski definition) is 1. The summed E-state index contributed by atoms with van der Waals surface area (Å²) in [7, 11) is 0. The summed E-state index contributed by atoms with van der Waals surface area (Å²) in [5.41, 5.74) is 0.627. The minimum Gasteiger partial charge on any atom is -0.306 e. The lowest BCUT2D eigenvalue weighted by molar-refractivity contribution is 0.587. The summed E-state index contributed by atoms with van der Waals surface area (Å²) in [6.07, 6.45) is 1.61. The van der Waals surface area contributed by atoms with E-state index in [1.54, 1.807) is 18.3 Å². The van der Waals surface area contributed by atoms with Crippen LogP contribution in [0.15, 0.2) is 28.9 Å². The Morgan fingerprint density at radius 3 is 2.94 bits per heavy atom. The molecule has 0 unspecified atom stereocenters. The van der Waals surface area contributed by atoms with Crippen LogP contribution in [0.3, 0.4) is 0 Å². The smallest absolute Gasteiger partial charge is 0.127 e. The largest absolute Gasteiger partial charge is 0.306 e. The van der Waals surface area contributed by atoms with Crippen LogP contribution in [0.2, 0.25) is 4.34 Å². The lowest BCUT2D eigenvalue weighted by Gasteiger charge is -2.04. The standard InChI is InChI=1S/C11H9BrClFN2S/c12-8-1-2-9(14)7(3-8)4-15-6-11-16-5-10(13)17-11/h1-3,5,15H,4,6H2. The van der Waals surface area contributed by atoms with E-state index < -0.39 is 0 Å². The van der Waals surface area contributed by atoms with E-state index in [0.717, 1.165) is 9.48 Å². The first-order valence-electron chi connectivity index (χ1n) is 4.90. The van der Waals surface area contributed by atoms with Gasteiger partial charge in [0.05, 0.1) is 6.20 Å². The van der Waals surface area contributed by atoms with Crippen molar-refractivity contribution >= 4 is 38.9 Å². The Hall–Kier alpha value is -0.490. The fraction of sp³-hybridized carbons (Fsp3) is 0.182. The number of aromatic nitrogens is 1. The number of benzene rings is 1. The van der Waals surface area contributed by atoms with Gasteiger partial charge in [0, 0.05) is 23.1 Å². The van der Waals surface area contributed by atoms with E-state index in [9.17, 15) is 4.39 Å². The van der Waals surface area contributed by atoms with Gasteiger partial charge in [0.25, 0.3) is 0 Å². The molecule has 0 aliphatic carbocycles. The van der Waals surface area contributed by atoms with E-state index in [0.29, 0.717) is 23.0 Å². The van der Waals surface area contributed by atoms with Crippen LogP contribution in [0.5, 0.6) is 0 Å². The first-order chi connectivity index (χ1) is 8.15. The summed E-state index contributed by atoms with van der Waals surface area (Å²) in [6, 6.07) is 4.89. The molecule has 2 aromatic rings. The molecule has 0 fully saturated rings. The quantitative estimate of drug-likeness (QED) is 0.914. The van der Waals surface area contributed by atoms with Crippen molar-refractivity contribution in [1.82, 2.24) is 10.3 Å². The van der Waals surface area contributed by atoms with E-state index in [1.165, 1.54) is 17.4 Å². The summed E-state index contributed by atoms with van der Waals surface area (Å²) < 4.78 is 14.9. The minimum atomic E-state index is -0.210. The van der Waals surface area contributed by atoms with Gasteiger partial charge in [-0.15, -0.1) is 11.3 Å². The molecule has 0 saturated carbocycles. The minimum absolute atomic E-state index is 0.210. The fourth-order valence-electron chi connectivity index (χ4n) is 1.35. The summed E-state index contributed by atoms with van der Waals surface area (Å²) in [6.45, 7) is 1.05. The molecule has 0 atom stereocenters. The highest BCUT2D eigenvalue weighted by Crippen LogP contribution is 2.18. The first-order valence-corrected chi connectivity index (χ1v) is 6.89. The third kappa shape index (κ3) is 3.74. The maximum absolute atomic E-state index is 13.4. The van der Waals surface area contributed by atoms with Crippen molar-refractivity contribution in [2.45, 2.75) is 13.1 Å². The van der Waals surface area contributed by atoms with Gasteiger partial charge in [0.2, 0.25) is 0 Å². The predicted octanol–water partition coefficient (Wildman–Crippen LogP) is 3.99. The van der Waals surface area contributed by atoms with E-state index >= 15 is 0 Å². The summed E-state index contributed by atoms with van der Waals surface area (Å²) in [5, 5.41) is 4.02. The molecule has 0 aliphatic rings. The second-order valence-electron chi connectivity index (χ2n) is 3.40. The summed E-state index contributed by atoms with van der Waals surface area (Å²) in [4.78, 5) is 4.11. The molecule has 0 spiro atoms. The molecule has 2 nitrogen and oxygen atoms in total. The topological polar surface area (TPSA) is 24.9 Å². The van der Waals surface area contributed by atoms with Crippen molar-refractivity contribution in [1.29, 1.82) is 0 Å². The highest BCUT2D eigenvalue weighted by atomic mass is 79.9. The average molecular weight is 336 g/mol. The van der Waals surface area contributed by atoms with Gasteiger partial charge in [-0.05, 0) is 18.2 Å². The van der Waals surface area contributed by atoms with Crippen molar-refractivity contribution in [3.8, 4) is 0 Å². The normalized spacial score (nSPS) is 10.8. The van der Waals surface area contributed by atoms with Crippen LogP contribution in [0.1, 0.15) is 10.6 Å². The van der Waals surface area contributed by atoms with Crippen LogP contribution in [0, 0.1) is 5.82 Å². The highest BCUT2D eigenvalue weighted by Gasteiger charge is 2.03. The van der Waals surface area contributed by atoms with Gasteiger partial charge in [-0.1, -0.05) is 27.5 Å². The van der Waals surface area contributed by atoms with Crippen molar-refractivity contribution < 1.29 is 4.39 Å². The molecule has 90 valence electrons. The van der Waals surface area contributed by atoms with Crippen LogP contribution >= 0.6 is 38.9 Å². The number of nitrogens with one attached hydrogen (secondary N) is 1. The molecule has 0 radical (unpaired) electrons. The second kappa shape index (κ2) is 5.91. The van der Waals surface area contributed by atoms with Gasteiger partial charge in [0.1, 0.15) is 15.2 Å². The molecule has 1 aromatic carbocycles. The molecule has 1 N–H and O–H groups in total. The van der Waals surface area contributed by atoms with Crippen LogP contribution in [0.4, 0.5) is 4.39 Å². The van der Waals surface area contributed by atoms with Gasteiger partial charge in [-0.2, -0.15) is 0 Å². The average Bonchev–Trinajstić information content (AvgIpc) is 2.69. The predicted molar refractivity (Wildman–Crippen MR) is 71.8 cm³/mol. The molecular formula is C11H9BrClFN2S. The maximum atomic E-state index is 13.4. The first kappa shape index (κ1) is 13.0. The molecule has 2 rings (SSSR count). The Labute approximate surface area is 116 Å². The molecule has 0 saturated heterocycles. The molecular weight excluding hydrogens is 327 g/mol. The van der Waals surface area contributed by atoms with Crippen molar-refractivity contribution in [2.24, 2.45) is 0 Å². The Morgan fingerprint density at radius 2 is 2.24 bits per heavy atom. The van der Waals surface area contributed by atoms with Crippen LogP contribution in [0.25, 0.3) is 0 Å². The number of rotatable bonds is 4. The zero-order valence-corrected chi connectivity index (χ0v) is 11.9. The number of halogens is 3. The monoisotopic (exact) mass is 334 g/mol. The van der Waals surface area contributed by atoms with E-state index in [2.05, 4.69) is 26.2 Å². The van der Waals surface area contributed by atoms with Crippen molar-refractivity contribution in [2.75, 3.05) is 0 Å². The zero-order valence-electron chi connectivity index (χ0n) is 8.71. The molecule has 1 aromatic heterocycles. The highest BCUT2D eigenvalue weighted by molar-refractivity contribution is 9.10. The second-order valence-corrected chi connectivity index (χ2v) is 6.06. The van der Waals surface area contributed by atoms with E-state index in [1.807, 2.05) is 0 Å². The Bertz CT molecular complexity index is 518. The lowest BCUT2D eigenvalue weighted by atomic mass is 10.2. The van der Waals surface area contributed by atoms with Crippen LogP contribution in [-0.4, -0.2) is 4.98 Å². The molecule has 0 aliphatic heterocycles. The Kier molecular flexibility index (Phi) is 4.50. The number of nitrogens with zero attached hydrogens (tertiary/aromatic N) is 1. The Morgan fingerprint density at radius 1 is 1.41 bits per heavy atom. The number of thiazole rings is 1. The maximum Gasteiger partial charge on any atom is 0.127 e. The SMILES string of the molecule is Fc1ccc(Br)cc1CNCc1ncc(Cl)s1. The lowest BCUT2D eigenvalue weighted by Crippen LogP contribution is -2.13. The zero-order chi connectivity index (χ0) is 12.3. The van der Waals surface area contributed by atoms with E-state index in [4.69, 9.17) is 11.6 Å².